The highest BCUT2D eigenvalue weighted by Gasteiger charge is 2.03. The molecule has 0 saturated carbocycles. The lowest BCUT2D eigenvalue weighted by Crippen LogP contribution is -1.95. The summed E-state index contributed by atoms with van der Waals surface area (Å²) in [5.74, 6) is 0. The van der Waals surface area contributed by atoms with Gasteiger partial charge in [0.25, 0.3) is 5.24 Å². The van der Waals surface area contributed by atoms with E-state index in [1.54, 1.807) is 18.2 Å². The Kier molecular flexibility index (Phi) is 2.09. The quantitative estimate of drug-likeness (QED) is 0.533. The summed E-state index contributed by atoms with van der Waals surface area (Å²) in [6.07, 6.45) is 0. The molecule has 1 aromatic heterocycles. The van der Waals surface area contributed by atoms with Gasteiger partial charge < -0.3 is 4.42 Å². The average molecular weight is 209 g/mol. The van der Waals surface area contributed by atoms with Crippen LogP contribution in [0.4, 0.5) is 0 Å². The maximum Gasteiger partial charge on any atom is 0.336 e. The average Bonchev–Trinajstić information content (AvgIpc) is 2.16. The molecule has 14 heavy (non-hydrogen) atoms. The SMILES string of the molecule is O=C(Cl)c1ccc2oc(=O)ccc2c1. The molecule has 0 aliphatic rings. The summed E-state index contributed by atoms with van der Waals surface area (Å²) in [4.78, 5) is 21.7. The second-order valence-corrected chi connectivity index (χ2v) is 3.12. The van der Waals surface area contributed by atoms with Gasteiger partial charge in [0.2, 0.25) is 0 Å². The van der Waals surface area contributed by atoms with Gasteiger partial charge in [-0.05, 0) is 35.9 Å². The normalized spacial score (nSPS) is 10.4. The lowest BCUT2D eigenvalue weighted by atomic mass is 10.1. The first-order valence-electron chi connectivity index (χ1n) is 3.90. The number of carbonyl (C=O) groups is 1. The lowest BCUT2D eigenvalue weighted by Gasteiger charge is -1.96. The van der Waals surface area contributed by atoms with Crippen LogP contribution < -0.4 is 5.63 Å². The summed E-state index contributed by atoms with van der Waals surface area (Å²) in [5.41, 5.74) is 0.412. The molecule has 1 aromatic carbocycles. The van der Waals surface area contributed by atoms with Gasteiger partial charge in [0.1, 0.15) is 5.58 Å². The first-order chi connectivity index (χ1) is 6.66. The van der Waals surface area contributed by atoms with E-state index in [1.807, 2.05) is 0 Å². The Bertz CT molecular complexity index is 557. The number of halogens is 1. The van der Waals surface area contributed by atoms with Gasteiger partial charge in [-0.3, -0.25) is 4.79 Å². The molecule has 0 amide bonds. The van der Waals surface area contributed by atoms with Crippen LogP contribution in [0, 0.1) is 0 Å². The molecular formula is C10H5ClO3. The van der Waals surface area contributed by atoms with Gasteiger partial charge in [0, 0.05) is 17.0 Å². The smallest absolute Gasteiger partial charge is 0.336 e. The van der Waals surface area contributed by atoms with Crippen molar-refractivity contribution >= 4 is 27.8 Å². The summed E-state index contributed by atoms with van der Waals surface area (Å²) in [6.45, 7) is 0. The van der Waals surface area contributed by atoms with Gasteiger partial charge in [-0.1, -0.05) is 0 Å². The van der Waals surface area contributed by atoms with Crippen molar-refractivity contribution in [2.24, 2.45) is 0 Å². The van der Waals surface area contributed by atoms with Crippen LogP contribution in [0.15, 0.2) is 39.5 Å². The molecular weight excluding hydrogens is 204 g/mol. The van der Waals surface area contributed by atoms with Crippen LogP contribution in [0.25, 0.3) is 11.0 Å². The second-order valence-electron chi connectivity index (χ2n) is 2.78. The van der Waals surface area contributed by atoms with E-state index < -0.39 is 10.9 Å². The van der Waals surface area contributed by atoms with E-state index >= 15 is 0 Å². The lowest BCUT2D eigenvalue weighted by molar-refractivity contribution is 0.108. The predicted molar refractivity (Wildman–Crippen MR) is 52.7 cm³/mol. The van der Waals surface area contributed by atoms with Crippen LogP contribution in [0.2, 0.25) is 0 Å². The van der Waals surface area contributed by atoms with Crippen molar-refractivity contribution in [3.8, 4) is 0 Å². The molecule has 0 radical (unpaired) electrons. The minimum Gasteiger partial charge on any atom is -0.423 e. The van der Waals surface area contributed by atoms with E-state index in [4.69, 9.17) is 16.0 Å². The summed E-state index contributed by atoms with van der Waals surface area (Å²) >= 11 is 5.30. The highest BCUT2D eigenvalue weighted by atomic mass is 35.5. The highest BCUT2D eigenvalue weighted by Crippen LogP contribution is 2.15. The third-order valence-electron chi connectivity index (χ3n) is 1.85. The first kappa shape index (κ1) is 8.97. The summed E-state index contributed by atoms with van der Waals surface area (Å²) in [7, 11) is 0. The molecule has 0 saturated heterocycles. The van der Waals surface area contributed by atoms with Gasteiger partial charge in [-0.2, -0.15) is 0 Å². The summed E-state index contributed by atoms with van der Waals surface area (Å²) < 4.78 is 4.89. The van der Waals surface area contributed by atoms with Crippen molar-refractivity contribution < 1.29 is 9.21 Å². The molecule has 3 nitrogen and oxygen atoms in total. The van der Waals surface area contributed by atoms with Crippen molar-refractivity contribution in [3.05, 3.63) is 46.3 Å². The molecule has 0 aliphatic carbocycles. The molecule has 2 rings (SSSR count). The number of rotatable bonds is 1. The van der Waals surface area contributed by atoms with E-state index in [0.29, 0.717) is 16.5 Å². The predicted octanol–water partition coefficient (Wildman–Crippen LogP) is 2.17. The van der Waals surface area contributed by atoms with Crippen LogP contribution in [0.5, 0.6) is 0 Å². The van der Waals surface area contributed by atoms with Crippen molar-refractivity contribution in [2.45, 2.75) is 0 Å². The maximum absolute atomic E-state index is 10.8. The standard InChI is InChI=1S/C10H5ClO3/c11-10(13)7-1-3-8-6(5-7)2-4-9(12)14-8/h1-5H. The fourth-order valence-electron chi connectivity index (χ4n) is 1.19. The zero-order valence-electron chi connectivity index (χ0n) is 6.99. The Hall–Kier alpha value is -1.61. The first-order valence-corrected chi connectivity index (χ1v) is 4.28. The van der Waals surface area contributed by atoms with Crippen molar-refractivity contribution in [1.82, 2.24) is 0 Å². The van der Waals surface area contributed by atoms with Crippen molar-refractivity contribution in [1.29, 1.82) is 0 Å². The molecule has 0 fully saturated rings. The van der Waals surface area contributed by atoms with E-state index in [9.17, 15) is 9.59 Å². The Morgan fingerprint density at radius 1 is 1.21 bits per heavy atom. The Morgan fingerprint density at radius 3 is 2.71 bits per heavy atom. The number of hydrogen-bond donors (Lipinski definition) is 0. The van der Waals surface area contributed by atoms with Crippen molar-refractivity contribution in [2.75, 3.05) is 0 Å². The molecule has 0 N–H and O–H groups in total. The minimum absolute atomic E-state index is 0.382. The molecule has 1 heterocycles. The van der Waals surface area contributed by atoms with E-state index in [0.717, 1.165) is 0 Å². The number of fused-ring (bicyclic) bond motifs is 1. The van der Waals surface area contributed by atoms with Crippen LogP contribution >= 0.6 is 11.6 Å². The van der Waals surface area contributed by atoms with Gasteiger partial charge in [-0.25, -0.2) is 4.79 Å². The molecule has 0 aliphatic heterocycles. The third kappa shape index (κ3) is 1.54. The van der Waals surface area contributed by atoms with Crippen LogP contribution in [-0.2, 0) is 0 Å². The second kappa shape index (κ2) is 3.27. The zero-order valence-corrected chi connectivity index (χ0v) is 7.75. The zero-order chi connectivity index (χ0) is 10.1. The Morgan fingerprint density at radius 2 is 2.00 bits per heavy atom. The molecule has 2 aromatic rings. The van der Waals surface area contributed by atoms with Gasteiger partial charge in [0.05, 0.1) is 0 Å². The van der Waals surface area contributed by atoms with Gasteiger partial charge >= 0.3 is 5.63 Å². The molecule has 0 bridgehead atoms. The van der Waals surface area contributed by atoms with Crippen LogP contribution in [-0.4, -0.2) is 5.24 Å². The molecule has 0 spiro atoms. The Labute approximate surface area is 83.9 Å². The van der Waals surface area contributed by atoms with Crippen LogP contribution in [0.3, 0.4) is 0 Å². The number of carbonyl (C=O) groups excluding carboxylic acids is 1. The summed E-state index contributed by atoms with van der Waals surface area (Å²) in [5, 5.41) is 0.147. The fourth-order valence-corrected chi connectivity index (χ4v) is 1.31. The van der Waals surface area contributed by atoms with E-state index in [1.165, 1.54) is 12.1 Å². The maximum atomic E-state index is 10.8. The Balaban J connectivity index is 2.73. The highest BCUT2D eigenvalue weighted by molar-refractivity contribution is 6.67. The summed E-state index contributed by atoms with van der Waals surface area (Å²) in [6, 6.07) is 7.52. The minimum atomic E-state index is -0.530. The van der Waals surface area contributed by atoms with Crippen LogP contribution in [0.1, 0.15) is 10.4 Å². The molecule has 70 valence electrons. The molecule has 0 atom stereocenters. The largest absolute Gasteiger partial charge is 0.423 e. The fraction of sp³-hybridized carbons (Fsp3) is 0. The van der Waals surface area contributed by atoms with Gasteiger partial charge in [-0.15, -0.1) is 0 Å². The third-order valence-corrected chi connectivity index (χ3v) is 2.06. The molecule has 4 heteroatoms. The topological polar surface area (TPSA) is 47.3 Å². The number of benzene rings is 1. The molecule has 0 unspecified atom stereocenters. The monoisotopic (exact) mass is 208 g/mol. The van der Waals surface area contributed by atoms with E-state index in [2.05, 4.69) is 0 Å². The number of hydrogen-bond acceptors (Lipinski definition) is 3. The van der Waals surface area contributed by atoms with Crippen molar-refractivity contribution in [3.63, 3.8) is 0 Å². The van der Waals surface area contributed by atoms with Gasteiger partial charge in [0.15, 0.2) is 0 Å². The van der Waals surface area contributed by atoms with E-state index in [-0.39, 0.29) is 0 Å².